The van der Waals surface area contributed by atoms with Gasteiger partial charge in [0.1, 0.15) is 0 Å². The number of carbonyl (C=O) groups is 1. The van der Waals surface area contributed by atoms with Crippen molar-refractivity contribution >= 4 is 5.91 Å². The van der Waals surface area contributed by atoms with Gasteiger partial charge in [0.15, 0.2) is 0 Å². The highest BCUT2D eigenvalue weighted by molar-refractivity contribution is 5.82. The average Bonchev–Trinajstić information content (AvgIpc) is 2.46. The molecule has 0 saturated carbocycles. The fourth-order valence-corrected chi connectivity index (χ4v) is 2.72. The highest BCUT2D eigenvalue weighted by Crippen LogP contribution is 2.12. The molecule has 0 aromatic heterocycles. The van der Waals surface area contributed by atoms with E-state index in [9.17, 15) is 4.79 Å². The average molecular weight is 268 g/mol. The molecule has 0 aromatic carbocycles. The molecule has 1 heterocycles. The Bertz CT molecular complexity index is 227. The van der Waals surface area contributed by atoms with Gasteiger partial charge in [-0.25, -0.2) is 0 Å². The van der Waals surface area contributed by atoms with E-state index in [2.05, 4.69) is 24.1 Å². The van der Waals surface area contributed by atoms with Crippen LogP contribution in [0.25, 0.3) is 0 Å². The maximum absolute atomic E-state index is 12.6. The lowest BCUT2D eigenvalue weighted by atomic mass is 10.0. The van der Waals surface area contributed by atoms with E-state index >= 15 is 0 Å². The van der Waals surface area contributed by atoms with E-state index in [0.717, 1.165) is 38.9 Å². The Morgan fingerprint density at radius 2 is 1.68 bits per heavy atom. The van der Waals surface area contributed by atoms with Gasteiger partial charge >= 0.3 is 0 Å². The van der Waals surface area contributed by atoms with E-state index in [1.165, 1.54) is 38.5 Å². The lowest BCUT2D eigenvalue weighted by molar-refractivity contribution is -0.134. The first-order valence-electron chi connectivity index (χ1n) is 8.31. The van der Waals surface area contributed by atoms with Gasteiger partial charge < -0.3 is 10.2 Å². The molecule has 0 spiro atoms. The number of amides is 1. The van der Waals surface area contributed by atoms with Gasteiger partial charge in [-0.1, -0.05) is 46.0 Å². The minimum Gasteiger partial charge on any atom is -0.341 e. The van der Waals surface area contributed by atoms with Crippen LogP contribution < -0.4 is 5.32 Å². The van der Waals surface area contributed by atoms with Crippen LogP contribution in [0.2, 0.25) is 0 Å². The first-order valence-corrected chi connectivity index (χ1v) is 8.31. The van der Waals surface area contributed by atoms with E-state index in [4.69, 9.17) is 0 Å². The molecule has 3 nitrogen and oxygen atoms in total. The molecule has 1 N–H and O–H groups in total. The van der Waals surface area contributed by atoms with Crippen molar-refractivity contribution in [2.45, 2.75) is 77.7 Å². The summed E-state index contributed by atoms with van der Waals surface area (Å²) >= 11 is 0. The van der Waals surface area contributed by atoms with E-state index in [1.54, 1.807) is 0 Å². The first-order chi connectivity index (χ1) is 9.29. The van der Waals surface area contributed by atoms with E-state index in [-0.39, 0.29) is 6.04 Å². The van der Waals surface area contributed by atoms with Crippen molar-refractivity contribution in [2.24, 2.45) is 0 Å². The van der Waals surface area contributed by atoms with Crippen LogP contribution in [0.4, 0.5) is 0 Å². The van der Waals surface area contributed by atoms with Crippen molar-refractivity contribution < 1.29 is 4.79 Å². The number of nitrogens with zero attached hydrogens (tertiary/aromatic N) is 1. The SMILES string of the molecule is CCCCCN(CCCCC)C(=O)C1CCCCN1. The van der Waals surface area contributed by atoms with Gasteiger partial charge in [-0.05, 0) is 32.2 Å². The number of hydrogen-bond donors (Lipinski definition) is 1. The van der Waals surface area contributed by atoms with E-state index in [0.29, 0.717) is 5.91 Å². The van der Waals surface area contributed by atoms with Crippen LogP contribution in [0.5, 0.6) is 0 Å². The molecule has 112 valence electrons. The molecule has 0 aromatic rings. The summed E-state index contributed by atoms with van der Waals surface area (Å²) in [6.45, 7) is 7.34. The summed E-state index contributed by atoms with van der Waals surface area (Å²) < 4.78 is 0. The molecule has 1 rings (SSSR count). The van der Waals surface area contributed by atoms with Crippen molar-refractivity contribution in [1.29, 1.82) is 0 Å². The summed E-state index contributed by atoms with van der Waals surface area (Å²) in [5.41, 5.74) is 0. The van der Waals surface area contributed by atoms with Crippen molar-refractivity contribution in [2.75, 3.05) is 19.6 Å². The quantitative estimate of drug-likeness (QED) is 0.651. The van der Waals surface area contributed by atoms with Gasteiger partial charge in [-0.3, -0.25) is 4.79 Å². The van der Waals surface area contributed by atoms with E-state index in [1.807, 2.05) is 0 Å². The third-order valence-corrected chi connectivity index (χ3v) is 3.98. The number of piperidine rings is 1. The van der Waals surface area contributed by atoms with Crippen LogP contribution >= 0.6 is 0 Å². The molecule has 1 amide bonds. The Morgan fingerprint density at radius 1 is 1.05 bits per heavy atom. The molecule has 1 fully saturated rings. The Morgan fingerprint density at radius 3 is 2.16 bits per heavy atom. The topological polar surface area (TPSA) is 32.3 Å². The number of nitrogens with one attached hydrogen (secondary N) is 1. The van der Waals surface area contributed by atoms with Crippen molar-refractivity contribution in [3.63, 3.8) is 0 Å². The predicted molar refractivity (Wildman–Crippen MR) is 81.3 cm³/mol. The van der Waals surface area contributed by atoms with Gasteiger partial charge in [0.05, 0.1) is 6.04 Å². The summed E-state index contributed by atoms with van der Waals surface area (Å²) in [6.07, 6.45) is 10.7. The molecule has 1 atom stereocenters. The summed E-state index contributed by atoms with van der Waals surface area (Å²) in [4.78, 5) is 14.7. The van der Waals surface area contributed by atoms with Gasteiger partial charge in [-0.15, -0.1) is 0 Å². The summed E-state index contributed by atoms with van der Waals surface area (Å²) in [6, 6.07) is 0.0944. The fraction of sp³-hybridized carbons (Fsp3) is 0.938. The monoisotopic (exact) mass is 268 g/mol. The standard InChI is InChI=1S/C16H32N2O/c1-3-5-9-13-18(14-10-6-4-2)16(19)15-11-7-8-12-17-15/h15,17H,3-14H2,1-2H3. The molecular formula is C16H32N2O. The Hall–Kier alpha value is -0.570. The highest BCUT2D eigenvalue weighted by Gasteiger charge is 2.24. The second-order valence-corrected chi connectivity index (χ2v) is 5.74. The zero-order chi connectivity index (χ0) is 13.9. The zero-order valence-electron chi connectivity index (χ0n) is 12.9. The van der Waals surface area contributed by atoms with Crippen LogP contribution in [-0.4, -0.2) is 36.5 Å². The lowest BCUT2D eigenvalue weighted by Gasteiger charge is -2.30. The van der Waals surface area contributed by atoms with Crippen LogP contribution in [0.3, 0.4) is 0 Å². The Labute approximate surface area is 119 Å². The third-order valence-electron chi connectivity index (χ3n) is 3.98. The second-order valence-electron chi connectivity index (χ2n) is 5.74. The van der Waals surface area contributed by atoms with Gasteiger partial charge in [0, 0.05) is 13.1 Å². The normalized spacial score (nSPS) is 19.4. The molecule has 3 heteroatoms. The van der Waals surface area contributed by atoms with Crippen LogP contribution in [0.15, 0.2) is 0 Å². The molecule has 1 unspecified atom stereocenters. The minimum atomic E-state index is 0.0944. The van der Waals surface area contributed by atoms with Gasteiger partial charge in [-0.2, -0.15) is 0 Å². The van der Waals surface area contributed by atoms with Crippen LogP contribution in [-0.2, 0) is 4.79 Å². The summed E-state index contributed by atoms with van der Waals surface area (Å²) in [5, 5.41) is 3.39. The maximum atomic E-state index is 12.6. The van der Waals surface area contributed by atoms with Crippen LogP contribution in [0.1, 0.15) is 71.6 Å². The summed E-state index contributed by atoms with van der Waals surface area (Å²) in [7, 11) is 0. The van der Waals surface area contributed by atoms with Crippen molar-refractivity contribution in [3.05, 3.63) is 0 Å². The minimum absolute atomic E-state index is 0.0944. The zero-order valence-corrected chi connectivity index (χ0v) is 12.9. The third kappa shape index (κ3) is 6.42. The molecule has 0 aliphatic carbocycles. The Kier molecular flexibility index (Phi) is 8.89. The number of hydrogen-bond acceptors (Lipinski definition) is 2. The Balaban J connectivity index is 2.41. The largest absolute Gasteiger partial charge is 0.341 e. The van der Waals surface area contributed by atoms with Crippen LogP contribution in [0, 0.1) is 0 Å². The van der Waals surface area contributed by atoms with Crippen molar-refractivity contribution in [3.8, 4) is 0 Å². The molecule has 1 aliphatic heterocycles. The number of unbranched alkanes of at least 4 members (excludes halogenated alkanes) is 4. The second kappa shape index (κ2) is 10.2. The molecule has 1 aliphatic rings. The van der Waals surface area contributed by atoms with Gasteiger partial charge in [0.25, 0.3) is 0 Å². The van der Waals surface area contributed by atoms with E-state index < -0.39 is 0 Å². The number of carbonyl (C=O) groups excluding carboxylic acids is 1. The van der Waals surface area contributed by atoms with Gasteiger partial charge in [0.2, 0.25) is 5.91 Å². The molecule has 1 saturated heterocycles. The smallest absolute Gasteiger partial charge is 0.239 e. The summed E-state index contributed by atoms with van der Waals surface area (Å²) in [5.74, 6) is 0.354. The maximum Gasteiger partial charge on any atom is 0.239 e. The molecule has 0 radical (unpaired) electrons. The van der Waals surface area contributed by atoms with Crippen molar-refractivity contribution in [1.82, 2.24) is 10.2 Å². The molecule has 19 heavy (non-hydrogen) atoms. The first kappa shape index (κ1) is 16.5. The molecular weight excluding hydrogens is 236 g/mol. The fourth-order valence-electron chi connectivity index (χ4n) is 2.72. The highest BCUT2D eigenvalue weighted by atomic mass is 16.2. The molecule has 0 bridgehead atoms. The number of rotatable bonds is 9. The lowest BCUT2D eigenvalue weighted by Crippen LogP contribution is -2.49. The predicted octanol–water partition coefficient (Wildman–Crippen LogP) is 3.34.